The second kappa shape index (κ2) is 8.51. The van der Waals surface area contributed by atoms with Crippen molar-refractivity contribution in [3.8, 4) is 0 Å². The molecule has 0 saturated carbocycles. The van der Waals surface area contributed by atoms with Gasteiger partial charge in [-0.05, 0) is 42.0 Å². The molecular formula is C23H24N4O3. The molecule has 30 heavy (non-hydrogen) atoms. The van der Waals surface area contributed by atoms with E-state index in [1.165, 1.54) is 12.1 Å². The third-order valence-electron chi connectivity index (χ3n) is 5.68. The van der Waals surface area contributed by atoms with Gasteiger partial charge in [-0.1, -0.05) is 30.3 Å². The highest BCUT2D eigenvalue weighted by Gasteiger charge is 2.26. The predicted molar refractivity (Wildman–Crippen MR) is 119 cm³/mol. The molecule has 4 rings (SSSR count). The van der Waals surface area contributed by atoms with Crippen molar-refractivity contribution in [2.75, 3.05) is 36.4 Å². The van der Waals surface area contributed by atoms with Gasteiger partial charge in [0.1, 0.15) is 0 Å². The summed E-state index contributed by atoms with van der Waals surface area (Å²) in [6, 6.07) is 20.4. The highest BCUT2D eigenvalue weighted by atomic mass is 16.6. The van der Waals surface area contributed by atoms with Gasteiger partial charge in [0, 0.05) is 49.7 Å². The SMILES string of the molecule is C[C@H](C(=O)Nc1ccc2ccccc2c1)N1CCN(c2ccc([N+](=O)[O-])cc2)CC1. The largest absolute Gasteiger partial charge is 0.369 e. The van der Waals surface area contributed by atoms with Gasteiger partial charge in [0.05, 0.1) is 11.0 Å². The Kier molecular flexibility index (Phi) is 5.63. The van der Waals surface area contributed by atoms with Crippen LogP contribution in [0.2, 0.25) is 0 Å². The van der Waals surface area contributed by atoms with Gasteiger partial charge >= 0.3 is 0 Å². The summed E-state index contributed by atoms with van der Waals surface area (Å²) in [5.74, 6) is -0.0194. The van der Waals surface area contributed by atoms with Crippen molar-refractivity contribution in [2.45, 2.75) is 13.0 Å². The molecule has 1 amide bonds. The number of piperazine rings is 1. The van der Waals surface area contributed by atoms with Gasteiger partial charge in [-0.3, -0.25) is 19.8 Å². The van der Waals surface area contributed by atoms with Crippen molar-refractivity contribution in [1.29, 1.82) is 0 Å². The molecule has 1 N–H and O–H groups in total. The van der Waals surface area contributed by atoms with Crippen molar-refractivity contribution in [3.05, 3.63) is 76.8 Å². The molecule has 0 spiro atoms. The number of carbonyl (C=O) groups is 1. The quantitative estimate of drug-likeness (QED) is 0.515. The Bertz CT molecular complexity index is 1060. The maximum atomic E-state index is 12.8. The van der Waals surface area contributed by atoms with Gasteiger partial charge in [-0.2, -0.15) is 0 Å². The zero-order valence-corrected chi connectivity index (χ0v) is 16.8. The van der Waals surface area contributed by atoms with Crippen LogP contribution in [0.4, 0.5) is 17.1 Å². The summed E-state index contributed by atoms with van der Waals surface area (Å²) in [6.07, 6.45) is 0. The summed E-state index contributed by atoms with van der Waals surface area (Å²) in [5.41, 5.74) is 1.86. The molecule has 7 heteroatoms. The fourth-order valence-electron chi connectivity index (χ4n) is 3.83. The van der Waals surface area contributed by atoms with Crippen LogP contribution in [0.5, 0.6) is 0 Å². The standard InChI is InChI=1S/C23H24N4O3/c1-17(23(28)24-20-7-6-18-4-2-3-5-19(18)16-20)25-12-14-26(15-13-25)21-8-10-22(11-9-21)27(29)30/h2-11,16-17H,12-15H2,1H3,(H,24,28)/t17-/m1/s1. The second-order valence-corrected chi connectivity index (χ2v) is 7.52. The molecule has 1 heterocycles. The van der Waals surface area contributed by atoms with E-state index in [0.717, 1.165) is 48.3 Å². The molecule has 1 aliphatic rings. The molecule has 0 aromatic heterocycles. The Morgan fingerprint density at radius 3 is 2.30 bits per heavy atom. The van der Waals surface area contributed by atoms with E-state index in [4.69, 9.17) is 0 Å². The molecule has 0 unspecified atom stereocenters. The lowest BCUT2D eigenvalue weighted by Crippen LogP contribution is -2.52. The number of hydrogen-bond acceptors (Lipinski definition) is 5. The maximum absolute atomic E-state index is 12.8. The summed E-state index contributed by atoms with van der Waals surface area (Å²) in [6.45, 7) is 4.97. The zero-order chi connectivity index (χ0) is 21.1. The minimum absolute atomic E-state index is 0.0194. The first kappa shape index (κ1) is 19.8. The number of amides is 1. The lowest BCUT2D eigenvalue weighted by atomic mass is 10.1. The van der Waals surface area contributed by atoms with Crippen LogP contribution in [0.3, 0.4) is 0 Å². The number of fused-ring (bicyclic) bond motifs is 1. The molecule has 1 fully saturated rings. The van der Waals surface area contributed by atoms with Gasteiger partial charge in [0.2, 0.25) is 5.91 Å². The first-order valence-electron chi connectivity index (χ1n) is 10.0. The fourth-order valence-corrected chi connectivity index (χ4v) is 3.83. The van der Waals surface area contributed by atoms with Crippen molar-refractivity contribution in [3.63, 3.8) is 0 Å². The van der Waals surface area contributed by atoms with Crippen LogP contribution in [-0.2, 0) is 4.79 Å². The maximum Gasteiger partial charge on any atom is 0.269 e. The molecule has 3 aromatic carbocycles. The Morgan fingerprint density at radius 2 is 1.63 bits per heavy atom. The highest BCUT2D eigenvalue weighted by molar-refractivity contribution is 5.97. The topological polar surface area (TPSA) is 78.7 Å². The Balaban J connectivity index is 1.34. The highest BCUT2D eigenvalue weighted by Crippen LogP contribution is 2.22. The number of anilines is 2. The number of benzene rings is 3. The van der Waals surface area contributed by atoms with Gasteiger partial charge < -0.3 is 10.2 Å². The molecule has 154 valence electrons. The molecule has 7 nitrogen and oxygen atoms in total. The van der Waals surface area contributed by atoms with E-state index in [-0.39, 0.29) is 17.6 Å². The molecular weight excluding hydrogens is 380 g/mol. The Morgan fingerprint density at radius 1 is 0.967 bits per heavy atom. The summed E-state index contributed by atoms with van der Waals surface area (Å²) >= 11 is 0. The van der Waals surface area contributed by atoms with Crippen molar-refractivity contribution < 1.29 is 9.72 Å². The normalized spacial score (nSPS) is 15.7. The summed E-state index contributed by atoms with van der Waals surface area (Å²) < 4.78 is 0. The minimum Gasteiger partial charge on any atom is -0.369 e. The van der Waals surface area contributed by atoms with Gasteiger partial charge in [-0.25, -0.2) is 0 Å². The number of nitrogens with zero attached hydrogens (tertiary/aromatic N) is 3. The molecule has 1 aliphatic heterocycles. The Hall–Kier alpha value is -3.45. The average Bonchev–Trinajstić information content (AvgIpc) is 2.78. The Labute approximate surface area is 175 Å². The predicted octanol–water partition coefficient (Wildman–Crippen LogP) is 3.90. The number of rotatable bonds is 5. The van der Waals surface area contributed by atoms with E-state index in [1.807, 2.05) is 49.4 Å². The lowest BCUT2D eigenvalue weighted by molar-refractivity contribution is -0.384. The minimum atomic E-state index is -0.391. The smallest absolute Gasteiger partial charge is 0.269 e. The van der Waals surface area contributed by atoms with Crippen LogP contribution in [-0.4, -0.2) is 48.0 Å². The summed E-state index contributed by atoms with van der Waals surface area (Å²) in [5, 5.41) is 16.1. The van der Waals surface area contributed by atoms with E-state index in [1.54, 1.807) is 12.1 Å². The van der Waals surface area contributed by atoms with E-state index >= 15 is 0 Å². The van der Waals surface area contributed by atoms with Crippen LogP contribution in [0.1, 0.15) is 6.92 Å². The van der Waals surface area contributed by atoms with Gasteiger partial charge in [0.25, 0.3) is 5.69 Å². The van der Waals surface area contributed by atoms with Gasteiger partial charge in [0.15, 0.2) is 0 Å². The van der Waals surface area contributed by atoms with Crippen LogP contribution >= 0.6 is 0 Å². The molecule has 0 radical (unpaired) electrons. The average molecular weight is 404 g/mol. The molecule has 1 atom stereocenters. The van der Waals surface area contributed by atoms with Crippen LogP contribution in [0.25, 0.3) is 10.8 Å². The molecule has 3 aromatic rings. The zero-order valence-electron chi connectivity index (χ0n) is 16.8. The van der Waals surface area contributed by atoms with E-state index in [2.05, 4.69) is 15.1 Å². The van der Waals surface area contributed by atoms with Crippen molar-refractivity contribution in [1.82, 2.24) is 4.90 Å². The van der Waals surface area contributed by atoms with Crippen molar-refractivity contribution >= 4 is 33.7 Å². The third kappa shape index (κ3) is 4.26. The number of nitrogens with one attached hydrogen (secondary N) is 1. The second-order valence-electron chi connectivity index (χ2n) is 7.52. The fraction of sp³-hybridized carbons (Fsp3) is 0.261. The summed E-state index contributed by atoms with van der Waals surface area (Å²) in [4.78, 5) is 27.5. The molecule has 1 saturated heterocycles. The van der Waals surface area contributed by atoms with Gasteiger partial charge in [-0.15, -0.1) is 0 Å². The van der Waals surface area contributed by atoms with E-state index in [0.29, 0.717) is 0 Å². The first-order chi connectivity index (χ1) is 14.5. The summed E-state index contributed by atoms with van der Waals surface area (Å²) in [7, 11) is 0. The monoisotopic (exact) mass is 404 g/mol. The van der Waals surface area contributed by atoms with Crippen molar-refractivity contribution in [2.24, 2.45) is 0 Å². The van der Waals surface area contributed by atoms with E-state index < -0.39 is 4.92 Å². The third-order valence-corrected chi connectivity index (χ3v) is 5.68. The van der Waals surface area contributed by atoms with Crippen LogP contribution in [0.15, 0.2) is 66.7 Å². The first-order valence-corrected chi connectivity index (χ1v) is 10.0. The van der Waals surface area contributed by atoms with Crippen LogP contribution in [0, 0.1) is 10.1 Å². The van der Waals surface area contributed by atoms with E-state index in [9.17, 15) is 14.9 Å². The molecule has 0 aliphatic carbocycles. The number of nitro benzene ring substituents is 1. The number of non-ortho nitro benzene ring substituents is 1. The van der Waals surface area contributed by atoms with Crippen LogP contribution < -0.4 is 10.2 Å². The number of carbonyl (C=O) groups excluding carboxylic acids is 1. The number of hydrogen-bond donors (Lipinski definition) is 1. The molecule has 0 bridgehead atoms. The number of nitro groups is 1. The lowest BCUT2D eigenvalue weighted by Gasteiger charge is -2.38.